The second-order valence-electron chi connectivity index (χ2n) is 8.48. The molecule has 1 N–H and O–H groups in total. The van der Waals surface area contributed by atoms with Gasteiger partial charge in [-0.2, -0.15) is 0 Å². The molecule has 0 aliphatic carbocycles. The number of carbonyl (C=O) groups excluding carboxylic acids is 3. The van der Waals surface area contributed by atoms with Crippen LogP contribution in [-0.4, -0.2) is 45.9 Å². The Hall–Kier alpha value is -2.70. The Balaban J connectivity index is 2.37. The lowest BCUT2D eigenvalue weighted by molar-refractivity contribution is -0.167. The number of hydrogen-bond acceptors (Lipinski definition) is 5. The zero-order valence-corrected chi connectivity index (χ0v) is 16.9. The molecule has 1 aliphatic heterocycles. The van der Waals surface area contributed by atoms with Gasteiger partial charge >= 0.3 is 11.9 Å². The van der Waals surface area contributed by atoms with Gasteiger partial charge in [0.1, 0.15) is 5.60 Å². The molecule has 1 aromatic rings. The molecule has 7 heteroatoms. The Morgan fingerprint density at radius 2 is 1.54 bits per heavy atom. The van der Waals surface area contributed by atoms with Crippen molar-refractivity contribution in [2.75, 3.05) is 6.54 Å². The molecule has 152 valence electrons. The SMILES string of the molecule is CC(C)C[C@@H](C(=O)O)C(CN1C(=O)c2ccccc2C1=O)C(=O)OC(C)(C)C. The predicted octanol–water partition coefficient (Wildman–Crippen LogP) is 2.99. The molecular formula is C21H27NO6. The number of benzene rings is 1. The van der Waals surface area contributed by atoms with Crippen LogP contribution in [0.4, 0.5) is 0 Å². The summed E-state index contributed by atoms with van der Waals surface area (Å²) in [6.45, 7) is 8.42. The molecule has 28 heavy (non-hydrogen) atoms. The summed E-state index contributed by atoms with van der Waals surface area (Å²) in [5.74, 6) is -5.14. The summed E-state index contributed by atoms with van der Waals surface area (Å²) in [5.41, 5.74) is -0.310. The van der Waals surface area contributed by atoms with E-state index in [-0.39, 0.29) is 30.0 Å². The summed E-state index contributed by atoms with van der Waals surface area (Å²) >= 11 is 0. The molecule has 0 fully saturated rings. The minimum Gasteiger partial charge on any atom is -0.481 e. The number of carbonyl (C=O) groups is 4. The van der Waals surface area contributed by atoms with E-state index in [0.717, 1.165) is 4.90 Å². The number of hydrogen-bond donors (Lipinski definition) is 1. The van der Waals surface area contributed by atoms with Gasteiger partial charge in [0.15, 0.2) is 0 Å². The van der Waals surface area contributed by atoms with Crippen LogP contribution in [0.15, 0.2) is 24.3 Å². The van der Waals surface area contributed by atoms with Crippen LogP contribution >= 0.6 is 0 Å². The summed E-state index contributed by atoms with van der Waals surface area (Å²) < 4.78 is 5.42. The van der Waals surface area contributed by atoms with Gasteiger partial charge < -0.3 is 9.84 Å². The zero-order chi connectivity index (χ0) is 21.2. The third-order valence-electron chi connectivity index (χ3n) is 4.50. The second-order valence-corrected chi connectivity index (χ2v) is 8.48. The van der Waals surface area contributed by atoms with Crippen LogP contribution in [0.5, 0.6) is 0 Å². The monoisotopic (exact) mass is 389 g/mol. The number of carboxylic acid groups (broad SMARTS) is 1. The molecule has 1 aromatic carbocycles. The first-order valence-electron chi connectivity index (χ1n) is 9.33. The molecule has 0 spiro atoms. The molecule has 0 bridgehead atoms. The van der Waals surface area contributed by atoms with E-state index in [1.54, 1.807) is 45.0 Å². The maximum atomic E-state index is 12.8. The minimum absolute atomic E-state index is 0.00761. The van der Waals surface area contributed by atoms with Crippen LogP contribution in [0.2, 0.25) is 0 Å². The average molecular weight is 389 g/mol. The molecule has 2 rings (SSSR count). The fraction of sp³-hybridized carbons (Fsp3) is 0.524. The van der Waals surface area contributed by atoms with Crippen molar-refractivity contribution in [1.29, 1.82) is 0 Å². The average Bonchev–Trinajstić information content (AvgIpc) is 2.80. The normalized spacial score (nSPS) is 16.1. The summed E-state index contributed by atoms with van der Waals surface area (Å²) in [6, 6.07) is 6.39. The highest BCUT2D eigenvalue weighted by Gasteiger charge is 2.43. The molecule has 2 atom stereocenters. The van der Waals surface area contributed by atoms with Crippen LogP contribution in [0.1, 0.15) is 61.8 Å². The van der Waals surface area contributed by atoms with E-state index in [4.69, 9.17) is 4.74 Å². The Morgan fingerprint density at radius 3 is 1.93 bits per heavy atom. The maximum absolute atomic E-state index is 12.8. The van der Waals surface area contributed by atoms with Gasteiger partial charge in [-0.25, -0.2) is 0 Å². The number of rotatable bonds is 7. The van der Waals surface area contributed by atoms with Gasteiger partial charge in [-0.3, -0.25) is 24.1 Å². The van der Waals surface area contributed by atoms with Gasteiger partial charge in [0.2, 0.25) is 0 Å². The third kappa shape index (κ3) is 4.77. The Morgan fingerprint density at radius 1 is 1.04 bits per heavy atom. The number of ether oxygens (including phenoxy) is 1. The first-order chi connectivity index (χ1) is 12.9. The first kappa shape index (κ1) is 21.6. The lowest BCUT2D eigenvalue weighted by Gasteiger charge is -2.30. The lowest BCUT2D eigenvalue weighted by atomic mass is 9.84. The standard InChI is InChI=1S/C21H27NO6/c1-12(2)10-15(19(25)26)16(20(27)28-21(3,4)5)11-22-17(23)13-8-6-7-9-14(13)18(22)24/h6-9,12,15-16H,10-11H2,1-5H3,(H,25,26)/t15-,16?/m1/s1. The van der Waals surface area contributed by atoms with Crippen molar-refractivity contribution >= 4 is 23.8 Å². The van der Waals surface area contributed by atoms with E-state index in [0.29, 0.717) is 0 Å². The molecule has 7 nitrogen and oxygen atoms in total. The van der Waals surface area contributed by atoms with Crippen molar-refractivity contribution in [3.05, 3.63) is 35.4 Å². The maximum Gasteiger partial charge on any atom is 0.312 e. The van der Waals surface area contributed by atoms with E-state index >= 15 is 0 Å². The largest absolute Gasteiger partial charge is 0.481 e. The summed E-state index contributed by atoms with van der Waals surface area (Å²) in [7, 11) is 0. The van der Waals surface area contributed by atoms with E-state index in [1.807, 2.05) is 13.8 Å². The number of carboxylic acids is 1. The number of imide groups is 1. The van der Waals surface area contributed by atoms with Crippen LogP contribution in [0.3, 0.4) is 0 Å². The Labute approximate surface area is 164 Å². The van der Waals surface area contributed by atoms with Crippen molar-refractivity contribution in [1.82, 2.24) is 4.90 Å². The minimum atomic E-state index is -1.15. The molecule has 1 aliphatic rings. The second kappa shape index (κ2) is 8.12. The van der Waals surface area contributed by atoms with Crippen molar-refractivity contribution in [3.8, 4) is 0 Å². The van der Waals surface area contributed by atoms with Gasteiger partial charge in [0.25, 0.3) is 11.8 Å². The molecule has 0 aromatic heterocycles. The molecule has 2 amide bonds. The van der Waals surface area contributed by atoms with E-state index in [1.165, 1.54) is 0 Å². The van der Waals surface area contributed by atoms with Crippen molar-refractivity contribution in [3.63, 3.8) is 0 Å². The Bertz CT molecular complexity index is 757. The fourth-order valence-corrected chi connectivity index (χ4v) is 3.29. The van der Waals surface area contributed by atoms with Crippen molar-refractivity contribution in [2.24, 2.45) is 17.8 Å². The quantitative estimate of drug-likeness (QED) is 0.568. The number of nitrogens with zero attached hydrogens (tertiary/aromatic N) is 1. The number of esters is 1. The predicted molar refractivity (Wildman–Crippen MR) is 102 cm³/mol. The number of aliphatic carboxylic acids is 1. The highest BCUT2D eigenvalue weighted by molar-refractivity contribution is 6.21. The van der Waals surface area contributed by atoms with Crippen LogP contribution in [-0.2, 0) is 14.3 Å². The highest BCUT2D eigenvalue weighted by atomic mass is 16.6. The van der Waals surface area contributed by atoms with Crippen LogP contribution in [0.25, 0.3) is 0 Å². The smallest absolute Gasteiger partial charge is 0.312 e. The highest BCUT2D eigenvalue weighted by Crippen LogP contribution is 2.29. The zero-order valence-electron chi connectivity index (χ0n) is 16.9. The fourth-order valence-electron chi connectivity index (χ4n) is 3.29. The molecule has 1 heterocycles. The molecule has 0 radical (unpaired) electrons. The van der Waals surface area contributed by atoms with Gasteiger partial charge in [-0.1, -0.05) is 26.0 Å². The van der Waals surface area contributed by atoms with Gasteiger partial charge in [-0.15, -0.1) is 0 Å². The number of fused-ring (bicyclic) bond motifs is 1. The van der Waals surface area contributed by atoms with E-state index in [9.17, 15) is 24.3 Å². The number of amides is 2. The lowest BCUT2D eigenvalue weighted by Crippen LogP contribution is -2.44. The summed E-state index contributed by atoms with van der Waals surface area (Å²) in [4.78, 5) is 51.0. The topological polar surface area (TPSA) is 101 Å². The molecule has 0 saturated carbocycles. The van der Waals surface area contributed by atoms with Crippen molar-refractivity contribution < 1.29 is 29.0 Å². The van der Waals surface area contributed by atoms with Gasteiger partial charge in [-0.05, 0) is 45.2 Å². The first-order valence-corrected chi connectivity index (χ1v) is 9.33. The van der Waals surface area contributed by atoms with E-state index < -0.39 is 41.2 Å². The molecule has 0 saturated heterocycles. The summed E-state index contributed by atoms with van der Waals surface area (Å²) in [6.07, 6.45) is 0.225. The van der Waals surface area contributed by atoms with Gasteiger partial charge in [0, 0.05) is 6.54 Å². The van der Waals surface area contributed by atoms with E-state index in [2.05, 4.69) is 0 Å². The van der Waals surface area contributed by atoms with Crippen LogP contribution in [0, 0.1) is 17.8 Å². The molecular weight excluding hydrogens is 362 g/mol. The third-order valence-corrected chi connectivity index (χ3v) is 4.50. The molecule has 1 unspecified atom stereocenters. The summed E-state index contributed by atoms with van der Waals surface area (Å²) in [5, 5.41) is 9.72. The van der Waals surface area contributed by atoms with Crippen molar-refractivity contribution in [2.45, 2.75) is 46.6 Å². The van der Waals surface area contributed by atoms with Crippen LogP contribution < -0.4 is 0 Å². The van der Waals surface area contributed by atoms with Gasteiger partial charge in [0.05, 0.1) is 23.0 Å². The Kier molecular flexibility index (Phi) is 6.27.